The molecule has 1 aromatic heterocycles. The third kappa shape index (κ3) is 8.14. The van der Waals surface area contributed by atoms with E-state index in [-0.39, 0.29) is 29.9 Å². The van der Waals surface area contributed by atoms with Crippen LogP contribution in [0.25, 0.3) is 0 Å². The summed E-state index contributed by atoms with van der Waals surface area (Å²) in [5.41, 5.74) is -0.938. The number of rotatable bonds is 10. The maximum atomic E-state index is 14.4. The van der Waals surface area contributed by atoms with Gasteiger partial charge in [-0.1, -0.05) is 42.5 Å². The zero-order valence-corrected chi connectivity index (χ0v) is 23.2. The van der Waals surface area contributed by atoms with Crippen molar-refractivity contribution < 1.29 is 39.2 Å². The fourth-order valence-electron chi connectivity index (χ4n) is 3.66. The highest BCUT2D eigenvalue weighted by Gasteiger charge is 2.35. The summed E-state index contributed by atoms with van der Waals surface area (Å²) >= 11 is 0. The van der Waals surface area contributed by atoms with E-state index < -0.39 is 55.4 Å². The van der Waals surface area contributed by atoms with Gasteiger partial charge in [-0.3, -0.25) is 9.52 Å². The molecule has 9 nitrogen and oxygen atoms in total. The number of aromatic nitrogens is 1. The van der Waals surface area contributed by atoms with Crippen LogP contribution in [0.1, 0.15) is 35.2 Å². The summed E-state index contributed by atoms with van der Waals surface area (Å²) < 4.78 is 106. The molecule has 0 saturated carbocycles. The Balaban J connectivity index is 1.90. The molecular weight excluding hydrogens is 576 g/mol. The zero-order valence-electron chi connectivity index (χ0n) is 21.5. The van der Waals surface area contributed by atoms with E-state index in [0.717, 1.165) is 35.0 Å². The van der Waals surface area contributed by atoms with Gasteiger partial charge in [-0.25, -0.2) is 30.5 Å². The molecule has 0 fully saturated rings. The SMILES string of the molecule is CC(C(=O)NCc1ccc(C(F)(F)F)nc1N(Cc1ccccc1)S(C)(=O)=O)c1ccc(NS(C)(=O)=O)c(F)c1. The minimum absolute atomic E-state index is 0.00575. The van der Waals surface area contributed by atoms with Crippen molar-refractivity contribution in [2.24, 2.45) is 0 Å². The Bertz CT molecular complexity index is 1600. The monoisotopic (exact) mass is 602 g/mol. The summed E-state index contributed by atoms with van der Waals surface area (Å²) in [4.78, 5) is 16.5. The van der Waals surface area contributed by atoms with E-state index in [0.29, 0.717) is 11.6 Å². The van der Waals surface area contributed by atoms with Crippen LogP contribution in [0.5, 0.6) is 0 Å². The highest BCUT2D eigenvalue weighted by Crippen LogP contribution is 2.32. The number of carbonyl (C=O) groups excluding carboxylic acids is 1. The van der Waals surface area contributed by atoms with Crippen LogP contribution in [-0.4, -0.2) is 40.2 Å². The minimum Gasteiger partial charge on any atom is -0.351 e. The molecule has 1 amide bonds. The second kappa shape index (κ2) is 11.8. The number of pyridine rings is 1. The number of carbonyl (C=O) groups is 1. The van der Waals surface area contributed by atoms with Gasteiger partial charge in [0.15, 0.2) is 0 Å². The molecular formula is C25H26F4N4O5S2. The van der Waals surface area contributed by atoms with E-state index in [1.54, 1.807) is 30.3 Å². The maximum absolute atomic E-state index is 14.4. The van der Waals surface area contributed by atoms with E-state index in [2.05, 4.69) is 10.3 Å². The Morgan fingerprint density at radius 1 is 1.00 bits per heavy atom. The first-order valence-corrected chi connectivity index (χ1v) is 15.3. The molecule has 1 heterocycles. The van der Waals surface area contributed by atoms with Gasteiger partial charge < -0.3 is 5.32 Å². The Labute approximate surface area is 229 Å². The Hall–Kier alpha value is -3.72. The van der Waals surface area contributed by atoms with Crippen LogP contribution in [0.2, 0.25) is 0 Å². The molecule has 3 rings (SSSR count). The smallest absolute Gasteiger partial charge is 0.351 e. The highest BCUT2D eigenvalue weighted by atomic mass is 32.2. The van der Waals surface area contributed by atoms with Gasteiger partial charge in [0.2, 0.25) is 26.0 Å². The summed E-state index contributed by atoms with van der Waals surface area (Å²) in [6.45, 7) is 0.747. The van der Waals surface area contributed by atoms with E-state index >= 15 is 0 Å². The van der Waals surface area contributed by atoms with Crippen LogP contribution in [0, 0.1) is 5.82 Å². The number of sulfonamides is 2. The average molecular weight is 603 g/mol. The highest BCUT2D eigenvalue weighted by molar-refractivity contribution is 7.92. The van der Waals surface area contributed by atoms with Crippen molar-refractivity contribution in [1.82, 2.24) is 10.3 Å². The van der Waals surface area contributed by atoms with Gasteiger partial charge >= 0.3 is 6.18 Å². The molecule has 3 aromatic rings. The van der Waals surface area contributed by atoms with Gasteiger partial charge in [-0.05, 0) is 36.2 Å². The maximum Gasteiger partial charge on any atom is 0.433 e. The molecule has 0 bridgehead atoms. The van der Waals surface area contributed by atoms with Crippen molar-refractivity contribution in [3.05, 3.63) is 88.9 Å². The van der Waals surface area contributed by atoms with Crippen LogP contribution in [-0.2, 0) is 44.1 Å². The first kappa shape index (κ1) is 30.8. The Morgan fingerprint density at radius 2 is 1.65 bits per heavy atom. The summed E-state index contributed by atoms with van der Waals surface area (Å²) in [6, 6.07) is 13.4. The van der Waals surface area contributed by atoms with Crippen LogP contribution < -0.4 is 14.3 Å². The van der Waals surface area contributed by atoms with Crippen molar-refractivity contribution in [1.29, 1.82) is 0 Å². The van der Waals surface area contributed by atoms with Crippen LogP contribution in [0.3, 0.4) is 0 Å². The summed E-state index contributed by atoms with van der Waals surface area (Å²) in [6.07, 6.45) is -3.17. The van der Waals surface area contributed by atoms with Gasteiger partial charge in [-0.15, -0.1) is 0 Å². The summed E-state index contributed by atoms with van der Waals surface area (Å²) in [5, 5.41) is 2.52. The largest absolute Gasteiger partial charge is 0.433 e. The third-order valence-corrected chi connectivity index (χ3v) is 7.38. The molecule has 40 heavy (non-hydrogen) atoms. The van der Waals surface area contributed by atoms with Crippen molar-refractivity contribution in [2.75, 3.05) is 21.5 Å². The van der Waals surface area contributed by atoms with E-state index in [9.17, 15) is 39.2 Å². The number of benzene rings is 2. The number of hydrogen-bond donors (Lipinski definition) is 2. The normalized spacial score (nSPS) is 13.0. The molecule has 2 N–H and O–H groups in total. The summed E-state index contributed by atoms with van der Waals surface area (Å²) in [7, 11) is -7.86. The first-order valence-electron chi connectivity index (χ1n) is 11.6. The lowest BCUT2D eigenvalue weighted by atomic mass is 9.99. The number of alkyl halides is 3. The minimum atomic E-state index is -4.86. The van der Waals surface area contributed by atoms with E-state index in [1.165, 1.54) is 13.0 Å². The van der Waals surface area contributed by atoms with Gasteiger partial charge in [0.05, 0.1) is 30.7 Å². The van der Waals surface area contributed by atoms with Crippen LogP contribution in [0.4, 0.5) is 29.1 Å². The molecule has 216 valence electrons. The number of halogens is 4. The predicted molar refractivity (Wildman–Crippen MR) is 142 cm³/mol. The fourth-order valence-corrected chi connectivity index (χ4v) is 5.08. The van der Waals surface area contributed by atoms with E-state index in [1.807, 2.05) is 4.72 Å². The zero-order chi connectivity index (χ0) is 29.9. The third-order valence-electron chi connectivity index (χ3n) is 5.69. The number of nitrogens with zero attached hydrogens (tertiary/aromatic N) is 2. The molecule has 0 radical (unpaired) electrons. The number of anilines is 2. The Kier molecular flexibility index (Phi) is 9.09. The molecule has 0 aliphatic rings. The lowest BCUT2D eigenvalue weighted by molar-refractivity contribution is -0.141. The van der Waals surface area contributed by atoms with Gasteiger partial charge in [0.25, 0.3) is 0 Å². The number of amides is 1. The molecule has 15 heteroatoms. The number of hydrogen-bond acceptors (Lipinski definition) is 6. The van der Waals surface area contributed by atoms with Gasteiger partial charge in [-0.2, -0.15) is 13.2 Å². The predicted octanol–water partition coefficient (Wildman–Crippen LogP) is 4.00. The first-order chi connectivity index (χ1) is 18.5. The second-order valence-corrected chi connectivity index (χ2v) is 12.6. The molecule has 1 atom stereocenters. The topological polar surface area (TPSA) is 126 Å². The number of nitrogens with one attached hydrogen (secondary N) is 2. The quantitative estimate of drug-likeness (QED) is 0.338. The average Bonchev–Trinajstić information content (AvgIpc) is 2.85. The van der Waals surface area contributed by atoms with Crippen LogP contribution >= 0.6 is 0 Å². The molecule has 0 aliphatic carbocycles. The van der Waals surface area contributed by atoms with Crippen molar-refractivity contribution in [2.45, 2.75) is 32.1 Å². The molecule has 2 aromatic carbocycles. The van der Waals surface area contributed by atoms with Gasteiger partial charge in [0, 0.05) is 12.1 Å². The van der Waals surface area contributed by atoms with Crippen LogP contribution in [0.15, 0.2) is 60.7 Å². The standard InChI is InChI=1S/C25H26F4N4O5S2/c1-16(18-9-11-21(20(26)13-18)32-39(2,35)36)24(34)30-14-19-10-12-22(25(27,28)29)31-23(19)33(40(3,37)38)15-17-7-5-4-6-8-17/h4-13,16,32H,14-15H2,1-3H3,(H,30,34). The van der Waals surface area contributed by atoms with Crippen molar-refractivity contribution in [3.63, 3.8) is 0 Å². The lowest BCUT2D eigenvalue weighted by Crippen LogP contribution is -2.33. The van der Waals surface area contributed by atoms with Crippen molar-refractivity contribution in [3.8, 4) is 0 Å². The van der Waals surface area contributed by atoms with Crippen molar-refractivity contribution >= 4 is 37.5 Å². The molecule has 0 aliphatic heterocycles. The molecule has 0 saturated heterocycles. The van der Waals surface area contributed by atoms with E-state index in [4.69, 9.17) is 0 Å². The molecule has 1 unspecified atom stereocenters. The molecule has 0 spiro atoms. The van der Waals surface area contributed by atoms with Gasteiger partial charge in [0.1, 0.15) is 17.3 Å². The lowest BCUT2D eigenvalue weighted by Gasteiger charge is -2.25. The Morgan fingerprint density at radius 3 is 2.20 bits per heavy atom. The second-order valence-electron chi connectivity index (χ2n) is 8.99. The summed E-state index contributed by atoms with van der Waals surface area (Å²) in [5.74, 6) is -3.02. The fraction of sp³-hybridized carbons (Fsp3) is 0.280.